The quantitative estimate of drug-likeness (QED) is 0.280. The number of carbonyl (C=O) groups is 3. The Morgan fingerprint density at radius 3 is 2.55 bits per heavy atom. The Morgan fingerprint density at radius 2 is 1.82 bits per heavy atom. The Balaban J connectivity index is 1.54. The topological polar surface area (TPSA) is 105 Å². The van der Waals surface area contributed by atoms with Crippen LogP contribution in [-0.4, -0.2) is 42.8 Å². The van der Waals surface area contributed by atoms with Gasteiger partial charge < -0.3 is 24.8 Å². The van der Waals surface area contributed by atoms with E-state index in [-0.39, 0.29) is 18.6 Å². The summed E-state index contributed by atoms with van der Waals surface area (Å²) in [6.45, 7) is 3.54. The fraction of sp³-hybridized carbons (Fsp3) is 0.276. The van der Waals surface area contributed by atoms with Crippen LogP contribution >= 0.6 is 11.6 Å². The van der Waals surface area contributed by atoms with Crippen molar-refractivity contribution < 1.29 is 29.0 Å². The fourth-order valence-corrected chi connectivity index (χ4v) is 4.72. The number of rotatable bonds is 8. The lowest BCUT2D eigenvalue weighted by Gasteiger charge is -2.25. The highest BCUT2D eigenvalue weighted by molar-refractivity contribution is 6.30. The first kappa shape index (κ1) is 27.3. The number of anilines is 2. The van der Waals surface area contributed by atoms with E-state index in [1.165, 1.54) is 0 Å². The summed E-state index contributed by atoms with van der Waals surface area (Å²) in [6, 6.07) is 17.9. The maximum atomic E-state index is 13.7. The smallest absolute Gasteiger partial charge is 0.329 e. The minimum Gasteiger partial charge on any atom is -0.480 e. The summed E-state index contributed by atoms with van der Waals surface area (Å²) in [4.78, 5) is 38.9. The Hall–Kier alpha value is -3.72. The molecule has 3 aromatic carbocycles. The van der Waals surface area contributed by atoms with Gasteiger partial charge in [-0.25, -0.2) is 4.79 Å². The number of halogens is 1. The fourth-order valence-electron chi connectivity index (χ4n) is 4.54. The molecule has 1 aliphatic heterocycles. The van der Waals surface area contributed by atoms with Crippen LogP contribution in [0.25, 0.3) is 0 Å². The van der Waals surface area contributed by atoms with Gasteiger partial charge in [0.15, 0.2) is 0 Å². The molecule has 9 heteroatoms. The summed E-state index contributed by atoms with van der Waals surface area (Å²) in [5.41, 5.74) is 4.74. The zero-order chi connectivity index (χ0) is 27.2. The van der Waals surface area contributed by atoms with Gasteiger partial charge in [0.1, 0.15) is 13.4 Å². The van der Waals surface area contributed by atoms with Gasteiger partial charge in [-0.15, -0.1) is 0 Å². The molecule has 2 amide bonds. The summed E-state index contributed by atoms with van der Waals surface area (Å²) < 4.78 is 10.9. The van der Waals surface area contributed by atoms with Crippen molar-refractivity contribution in [2.45, 2.75) is 32.8 Å². The van der Waals surface area contributed by atoms with Gasteiger partial charge in [-0.3, -0.25) is 9.59 Å². The van der Waals surface area contributed by atoms with Gasteiger partial charge in [0, 0.05) is 39.6 Å². The van der Waals surface area contributed by atoms with E-state index in [2.05, 4.69) is 5.32 Å². The highest BCUT2D eigenvalue weighted by Gasteiger charge is 2.29. The molecule has 1 heterocycles. The minimum atomic E-state index is -1.08. The van der Waals surface area contributed by atoms with Crippen molar-refractivity contribution in [3.63, 3.8) is 0 Å². The molecule has 3 aromatic rings. The maximum absolute atomic E-state index is 13.7. The number of benzene rings is 3. The van der Waals surface area contributed by atoms with E-state index >= 15 is 0 Å². The normalized spacial score (nSPS) is 14.9. The average Bonchev–Trinajstić information content (AvgIpc) is 3.05. The van der Waals surface area contributed by atoms with Crippen molar-refractivity contribution in [3.8, 4) is 0 Å². The molecule has 1 unspecified atom stereocenters. The van der Waals surface area contributed by atoms with Gasteiger partial charge in [-0.2, -0.15) is 0 Å². The molecule has 0 radical (unpaired) electrons. The van der Waals surface area contributed by atoms with Crippen LogP contribution in [0.3, 0.4) is 0 Å². The number of hydrogen-bond acceptors (Lipinski definition) is 5. The second kappa shape index (κ2) is 12.2. The van der Waals surface area contributed by atoms with Crippen molar-refractivity contribution in [2.24, 2.45) is 0 Å². The Bertz CT molecular complexity index is 1360. The molecule has 0 bridgehead atoms. The Morgan fingerprint density at radius 1 is 1.03 bits per heavy atom. The van der Waals surface area contributed by atoms with Crippen molar-refractivity contribution in [1.29, 1.82) is 0 Å². The highest BCUT2D eigenvalue weighted by Crippen LogP contribution is 2.38. The monoisotopic (exact) mass is 536 g/mol. The van der Waals surface area contributed by atoms with Gasteiger partial charge in [0.2, 0.25) is 0 Å². The predicted octanol–water partition coefficient (Wildman–Crippen LogP) is 5.77. The molecule has 4 rings (SSSR count). The zero-order valence-corrected chi connectivity index (χ0v) is 22.0. The van der Waals surface area contributed by atoms with Gasteiger partial charge >= 0.3 is 5.97 Å². The lowest BCUT2D eigenvalue weighted by Crippen LogP contribution is -2.32. The van der Waals surface area contributed by atoms with Crippen LogP contribution in [0.2, 0.25) is 5.02 Å². The number of aryl methyl sites for hydroxylation is 2. The van der Waals surface area contributed by atoms with E-state index in [1.54, 1.807) is 47.4 Å². The Kier molecular flexibility index (Phi) is 8.78. The summed E-state index contributed by atoms with van der Waals surface area (Å²) in [5.74, 6) is -1.46. The van der Waals surface area contributed by atoms with Crippen LogP contribution in [-0.2, 0) is 14.3 Å². The van der Waals surface area contributed by atoms with Crippen LogP contribution < -0.4 is 10.2 Å². The number of amides is 2. The van der Waals surface area contributed by atoms with E-state index in [0.29, 0.717) is 46.9 Å². The van der Waals surface area contributed by atoms with Crippen LogP contribution in [0, 0.1) is 13.8 Å². The van der Waals surface area contributed by atoms with Crippen LogP contribution in [0.5, 0.6) is 0 Å². The first-order valence-corrected chi connectivity index (χ1v) is 12.6. The Labute approximate surface area is 226 Å². The van der Waals surface area contributed by atoms with Crippen molar-refractivity contribution >= 4 is 40.8 Å². The highest BCUT2D eigenvalue weighted by atomic mass is 35.5. The number of nitrogens with one attached hydrogen (secondary N) is 1. The molecule has 2 N–H and O–H groups in total. The van der Waals surface area contributed by atoms with E-state index in [1.807, 2.05) is 32.0 Å². The molecular formula is C29H29ClN2O6. The lowest BCUT2D eigenvalue weighted by molar-refractivity contribution is -0.151. The van der Waals surface area contributed by atoms with Gasteiger partial charge in [0.25, 0.3) is 11.8 Å². The molecule has 0 aromatic heterocycles. The van der Waals surface area contributed by atoms with Crippen LogP contribution in [0.4, 0.5) is 11.4 Å². The van der Waals surface area contributed by atoms with Gasteiger partial charge in [0.05, 0.1) is 6.10 Å². The number of nitrogens with zero attached hydrogens (tertiary/aromatic N) is 1. The molecule has 1 aliphatic rings. The first-order valence-electron chi connectivity index (χ1n) is 12.2. The first-order chi connectivity index (χ1) is 18.2. The SMILES string of the molecule is Cc1ccccc1C(=O)Nc1ccc(C(=O)N2CCCC(OCOCC(=O)O)c3cc(Cl)ccc32)c(C)c1. The summed E-state index contributed by atoms with van der Waals surface area (Å²) in [6.07, 6.45) is 0.859. The summed E-state index contributed by atoms with van der Waals surface area (Å²) >= 11 is 6.28. The molecule has 8 nitrogen and oxygen atoms in total. The number of hydrogen-bond donors (Lipinski definition) is 2. The molecule has 38 heavy (non-hydrogen) atoms. The molecular weight excluding hydrogens is 508 g/mol. The minimum absolute atomic E-state index is 0.175. The van der Waals surface area contributed by atoms with Crippen molar-refractivity contribution in [1.82, 2.24) is 0 Å². The number of carbonyl (C=O) groups excluding carboxylic acids is 2. The number of ether oxygens (including phenoxy) is 2. The lowest BCUT2D eigenvalue weighted by atomic mass is 10.0. The molecule has 198 valence electrons. The molecule has 0 saturated heterocycles. The molecule has 0 spiro atoms. The van der Waals surface area contributed by atoms with Crippen molar-refractivity contribution in [3.05, 3.63) is 93.5 Å². The molecule has 0 saturated carbocycles. The van der Waals surface area contributed by atoms with Crippen LogP contribution in [0.15, 0.2) is 60.7 Å². The number of aliphatic carboxylic acids is 1. The number of carboxylic acid groups (broad SMARTS) is 1. The third kappa shape index (κ3) is 6.39. The summed E-state index contributed by atoms with van der Waals surface area (Å²) in [5, 5.41) is 12.2. The molecule has 0 aliphatic carbocycles. The van der Waals surface area contributed by atoms with Gasteiger partial charge in [-0.05, 0) is 80.3 Å². The third-order valence-electron chi connectivity index (χ3n) is 6.40. The third-order valence-corrected chi connectivity index (χ3v) is 6.64. The van der Waals surface area contributed by atoms with Crippen LogP contribution in [0.1, 0.15) is 56.4 Å². The standard InChI is InChI=1S/C29H29ClN2O6/c1-18-6-3-4-7-22(18)28(35)31-21-10-11-23(19(2)14-21)29(36)32-13-5-8-26(38-17-37-16-27(33)34)24-15-20(30)9-12-25(24)32/h3-4,6-7,9-12,14-15,26H,5,8,13,16-17H2,1-2H3,(H,31,35)(H,33,34). The zero-order valence-electron chi connectivity index (χ0n) is 21.2. The molecule has 0 fully saturated rings. The van der Waals surface area contributed by atoms with Crippen molar-refractivity contribution in [2.75, 3.05) is 30.2 Å². The second-order valence-electron chi connectivity index (χ2n) is 9.12. The predicted molar refractivity (Wildman–Crippen MR) is 145 cm³/mol. The van der Waals surface area contributed by atoms with E-state index in [0.717, 1.165) is 16.7 Å². The van der Waals surface area contributed by atoms with E-state index in [4.69, 9.17) is 26.2 Å². The van der Waals surface area contributed by atoms with Gasteiger partial charge in [-0.1, -0.05) is 29.8 Å². The average molecular weight is 537 g/mol. The van der Waals surface area contributed by atoms with E-state index < -0.39 is 18.7 Å². The molecule has 1 atom stereocenters. The summed E-state index contributed by atoms with van der Waals surface area (Å²) in [7, 11) is 0. The second-order valence-corrected chi connectivity index (χ2v) is 9.55. The van der Waals surface area contributed by atoms with E-state index in [9.17, 15) is 14.4 Å². The number of fused-ring (bicyclic) bond motifs is 1. The largest absolute Gasteiger partial charge is 0.480 e. The maximum Gasteiger partial charge on any atom is 0.329 e. The number of carboxylic acids is 1.